The van der Waals surface area contributed by atoms with E-state index < -0.39 is 12.0 Å². The number of aromatic nitrogens is 1. The highest BCUT2D eigenvalue weighted by Crippen LogP contribution is 2.14. The molecule has 0 fully saturated rings. The SMILES string of the molecule is Cc1ccc(C(N)C(=O)Nc2ccc(C(=O)O)nc2)cc1. The van der Waals surface area contributed by atoms with E-state index in [1.807, 2.05) is 19.1 Å². The number of benzene rings is 1. The fraction of sp³-hybridized carbons (Fsp3) is 0.133. The third kappa shape index (κ3) is 3.64. The highest BCUT2D eigenvalue weighted by Gasteiger charge is 2.16. The molecule has 1 amide bonds. The fourth-order valence-corrected chi connectivity index (χ4v) is 1.74. The van der Waals surface area contributed by atoms with Crippen molar-refractivity contribution in [2.75, 3.05) is 5.32 Å². The molecule has 0 aliphatic carbocycles. The normalized spacial score (nSPS) is 11.7. The van der Waals surface area contributed by atoms with E-state index in [4.69, 9.17) is 10.8 Å². The second-order valence-corrected chi connectivity index (χ2v) is 4.61. The minimum absolute atomic E-state index is 0.0872. The highest BCUT2D eigenvalue weighted by molar-refractivity contribution is 5.95. The van der Waals surface area contributed by atoms with Crippen LogP contribution in [0.15, 0.2) is 42.6 Å². The van der Waals surface area contributed by atoms with Gasteiger partial charge in [-0.1, -0.05) is 29.8 Å². The van der Waals surface area contributed by atoms with Crippen LogP contribution in [0, 0.1) is 6.92 Å². The Morgan fingerprint density at radius 2 is 1.86 bits per heavy atom. The molecule has 4 N–H and O–H groups in total. The number of hydrogen-bond donors (Lipinski definition) is 3. The Morgan fingerprint density at radius 1 is 1.19 bits per heavy atom. The first kappa shape index (κ1) is 14.7. The number of carbonyl (C=O) groups excluding carboxylic acids is 1. The lowest BCUT2D eigenvalue weighted by molar-refractivity contribution is -0.117. The van der Waals surface area contributed by atoms with Crippen LogP contribution < -0.4 is 11.1 Å². The van der Waals surface area contributed by atoms with Gasteiger partial charge in [-0.05, 0) is 24.6 Å². The van der Waals surface area contributed by atoms with E-state index in [1.165, 1.54) is 18.3 Å². The molecule has 1 atom stereocenters. The first-order valence-electron chi connectivity index (χ1n) is 6.30. The van der Waals surface area contributed by atoms with E-state index in [9.17, 15) is 9.59 Å². The predicted octanol–water partition coefficient (Wildman–Crippen LogP) is 1.73. The van der Waals surface area contributed by atoms with E-state index in [0.29, 0.717) is 11.3 Å². The summed E-state index contributed by atoms with van der Waals surface area (Å²) in [5.41, 5.74) is 7.98. The highest BCUT2D eigenvalue weighted by atomic mass is 16.4. The molecule has 0 bridgehead atoms. The Kier molecular flexibility index (Phi) is 4.30. The number of carbonyl (C=O) groups is 2. The Morgan fingerprint density at radius 3 is 2.38 bits per heavy atom. The zero-order chi connectivity index (χ0) is 15.4. The smallest absolute Gasteiger partial charge is 0.354 e. The third-order valence-electron chi connectivity index (χ3n) is 2.97. The number of aromatic carboxylic acids is 1. The standard InChI is InChI=1S/C15H15N3O3/c1-9-2-4-10(5-3-9)13(16)14(19)18-11-6-7-12(15(20)21)17-8-11/h2-8,13H,16H2,1H3,(H,18,19)(H,20,21). The molecule has 0 saturated heterocycles. The van der Waals surface area contributed by atoms with Crippen LogP contribution in [0.4, 0.5) is 5.69 Å². The summed E-state index contributed by atoms with van der Waals surface area (Å²) in [6, 6.07) is 9.34. The number of aryl methyl sites for hydroxylation is 1. The second kappa shape index (κ2) is 6.15. The average molecular weight is 285 g/mol. The molecule has 1 unspecified atom stereocenters. The van der Waals surface area contributed by atoms with Gasteiger partial charge in [0.25, 0.3) is 0 Å². The van der Waals surface area contributed by atoms with Gasteiger partial charge in [0.15, 0.2) is 0 Å². The molecule has 0 aliphatic rings. The van der Waals surface area contributed by atoms with Crippen LogP contribution >= 0.6 is 0 Å². The quantitative estimate of drug-likeness (QED) is 0.793. The van der Waals surface area contributed by atoms with Crippen LogP contribution in [-0.4, -0.2) is 22.0 Å². The minimum atomic E-state index is -1.12. The molecule has 6 heteroatoms. The van der Waals surface area contributed by atoms with E-state index in [2.05, 4.69) is 10.3 Å². The monoisotopic (exact) mass is 285 g/mol. The van der Waals surface area contributed by atoms with Crippen molar-refractivity contribution in [3.8, 4) is 0 Å². The van der Waals surface area contributed by atoms with Gasteiger partial charge in [0.05, 0.1) is 11.9 Å². The van der Waals surface area contributed by atoms with Gasteiger partial charge >= 0.3 is 5.97 Å². The fourth-order valence-electron chi connectivity index (χ4n) is 1.74. The number of hydrogen-bond acceptors (Lipinski definition) is 4. The third-order valence-corrected chi connectivity index (χ3v) is 2.97. The lowest BCUT2D eigenvalue weighted by Gasteiger charge is -2.12. The van der Waals surface area contributed by atoms with E-state index in [0.717, 1.165) is 5.56 Å². The van der Waals surface area contributed by atoms with Crippen LogP contribution in [0.2, 0.25) is 0 Å². The van der Waals surface area contributed by atoms with Crippen molar-refractivity contribution in [3.05, 3.63) is 59.4 Å². The van der Waals surface area contributed by atoms with Crippen molar-refractivity contribution < 1.29 is 14.7 Å². The summed E-state index contributed by atoms with van der Waals surface area (Å²) in [6.07, 6.45) is 1.28. The zero-order valence-electron chi connectivity index (χ0n) is 11.4. The Hall–Kier alpha value is -2.73. The summed E-state index contributed by atoms with van der Waals surface area (Å²) in [5, 5.41) is 11.3. The molecule has 0 saturated carbocycles. The number of nitrogens with one attached hydrogen (secondary N) is 1. The van der Waals surface area contributed by atoms with E-state index in [1.54, 1.807) is 12.1 Å². The molecule has 1 aromatic heterocycles. The van der Waals surface area contributed by atoms with Gasteiger partial charge in [-0.15, -0.1) is 0 Å². The van der Waals surface area contributed by atoms with Gasteiger partial charge in [-0.3, -0.25) is 4.79 Å². The Labute approximate surface area is 121 Å². The second-order valence-electron chi connectivity index (χ2n) is 4.61. The van der Waals surface area contributed by atoms with Crippen LogP contribution in [-0.2, 0) is 4.79 Å². The number of rotatable bonds is 4. The van der Waals surface area contributed by atoms with Crippen molar-refractivity contribution >= 4 is 17.6 Å². The molecule has 2 aromatic rings. The summed E-state index contributed by atoms with van der Waals surface area (Å²) >= 11 is 0. The summed E-state index contributed by atoms with van der Waals surface area (Å²) in [4.78, 5) is 26.4. The van der Waals surface area contributed by atoms with E-state index >= 15 is 0 Å². The molecular weight excluding hydrogens is 270 g/mol. The molecule has 2 rings (SSSR count). The number of pyridine rings is 1. The van der Waals surface area contributed by atoms with Gasteiger partial charge in [0.2, 0.25) is 5.91 Å². The maximum atomic E-state index is 12.0. The van der Waals surface area contributed by atoms with Crippen LogP contribution in [0.5, 0.6) is 0 Å². The van der Waals surface area contributed by atoms with Gasteiger partial charge in [-0.2, -0.15) is 0 Å². The summed E-state index contributed by atoms with van der Waals surface area (Å²) in [7, 11) is 0. The average Bonchev–Trinajstić information content (AvgIpc) is 2.47. The van der Waals surface area contributed by atoms with Gasteiger partial charge in [0.1, 0.15) is 11.7 Å². The van der Waals surface area contributed by atoms with Gasteiger partial charge < -0.3 is 16.2 Å². The van der Waals surface area contributed by atoms with Gasteiger partial charge in [-0.25, -0.2) is 9.78 Å². The lowest BCUT2D eigenvalue weighted by atomic mass is 10.1. The van der Waals surface area contributed by atoms with Crippen LogP contribution in [0.3, 0.4) is 0 Å². The lowest BCUT2D eigenvalue weighted by Crippen LogP contribution is -2.27. The first-order chi connectivity index (χ1) is 9.97. The van der Waals surface area contributed by atoms with Crippen molar-refractivity contribution in [2.24, 2.45) is 5.73 Å². The topological polar surface area (TPSA) is 105 Å². The van der Waals surface area contributed by atoms with E-state index in [-0.39, 0.29) is 11.6 Å². The zero-order valence-corrected chi connectivity index (χ0v) is 11.4. The molecule has 108 valence electrons. The molecule has 0 spiro atoms. The predicted molar refractivity (Wildman–Crippen MR) is 77.9 cm³/mol. The minimum Gasteiger partial charge on any atom is -0.477 e. The molecule has 0 aliphatic heterocycles. The number of anilines is 1. The molecule has 0 radical (unpaired) electrons. The summed E-state index contributed by atoms with van der Waals surface area (Å²) in [6.45, 7) is 1.95. The summed E-state index contributed by atoms with van der Waals surface area (Å²) < 4.78 is 0. The molecule has 21 heavy (non-hydrogen) atoms. The Balaban J connectivity index is 2.06. The van der Waals surface area contributed by atoms with Crippen molar-refractivity contribution in [3.63, 3.8) is 0 Å². The Bertz CT molecular complexity index is 651. The molecule has 1 heterocycles. The van der Waals surface area contributed by atoms with Crippen molar-refractivity contribution in [1.29, 1.82) is 0 Å². The number of nitrogens with zero attached hydrogens (tertiary/aromatic N) is 1. The number of amides is 1. The largest absolute Gasteiger partial charge is 0.477 e. The molecule has 6 nitrogen and oxygen atoms in total. The molecule has 1 aromatic carbocycles. The first-order valence-corrected chi connectivity index (χ1v) is 6.30. The van der Waals surface area contributed by atoms with Crippen LogP contribution in [0.25, 0.3) is 0 Å². The maximum Gasteiger partial charge on any atom is 0.354 e. The number of carboxylic acids is 1. The number of nitrogens with two attached hydrogens (primary N) is 1. The summed E-state index contributed by atoms with van der Waals surface area (Å²) in [5.74, 6) is -1.51. The maximum absolute atomic E-state index is 12.0. The van der Waals surface area contributed by atoms with Gasteiger partial charge in [0, 0.05) is 0 Å². The molecular formula is C15H15N3O3. The number of carboxylic acid groups (broad SMARTS) is 1. The van der Waals surface area contributed by atoms with Crippen LogP contribution in [0.1, 0.15) is 27.7 Å². The van der Waals surface area contributed by atoms with Crippen molar-refractivity contribution in [1.82, 2.24) is 4.98 Å². The van der Waals surface area contributed by atoms with Crippen molar-refractivity contribution in [2.45, 2.75) is 13.0 Å².